The fourth-order valence-corrected chi connectivity index (χ4v) is 1.84. The van der Waals surface area contributed by atoms with E-state index in [1.54, 1.807) is 6.07 Å². The monoisotopic (exact) mass is 220 g/mol. The van der Waals surface area contributed by atoms with E-state index in [4.69, 9.17) is 5.11 Å². The summed E-state index contributed by atoms with van der Waals surface area (Å²) in [6, 6.07) is 7.25. The number of para-hydroxylation sites is 1. The first kappa shape index (κ1) is 13.1. The smallest absolute Gasteiger partial charge is 0.118 e. The van der Waals surface area contributed by atoms with Crippen LogP contribution in [0.25, 0.3) is 0 Å². The van der Waals surface area contributed by atoms with E-state index in [0.717, 1.165) is 11.5 Å². The molecule has 0 amide bonds. The summed E-state index contributed by atoms with van der Waals surface area (Å²) >= 11 is 0. The second kappa shape index (κ2) is 5.38. The summed E-state index contributed by atoms with van der Waals surface area (Å²) < 4.78 is 0. The Morgan fingerprint density at radius 1 is 1.12 bits per heavy atom. The van der Waals surface area contributed by atoms with Crippen molar-refractivity contribution in [3.63, 3.8) is 0 Å². The van der Waals surface area contributed by atoms with Crippen molar-refractivity contribution in [3.8, 4) is 5.75 Å². The number of phenols is 1. The normalized spacial score (nSPS) is 16.0. The molecule has 1 aromatic carbocycles. The molecule has 90 valence electrons. The number of phenolic OH excluding ortho intramolecular Hbond substituents is 1. The predicted octanol–water partition coefficient (Wildman–Crippen LogP) is 4.53. The average molecular weight is 220 g/mol. The minimum atomic E-state index is 0.368. The van der Waals surface area contributed by atoms with Gasteiger partial charge in [-0.05, 0) is 42.7 Å². The first-order chi connectivity index (χ1) is 7.41. The van der Waals surface area contributed by atoms with Gasteiger partial charge in [0.05, 0.1) is 0 Å². The Hall–Kier alpha value is -0.980. The van der Waals surface area contributed by atoms with E-state index in [0.29, 0.717) is 11.2 Å². The van der Waals surface area contributed by atoms with Crippen molar-refractivity contribution in [3.05, 3.63) is 29.8 Å². The highest BCUT2D eigenvalue weighted by atomic mass is 16.3. The van der Waals surface area contributed by atoms with Crippen LogP contribution in [0.15, 0.2) is 24.3 Å². The van der Waals surface area contributed by atoms with Gasteiger partial charge in [0.2, 0.25) is 0 Å². The average Bonchev–Trinajstić information content (AvgIpc) is 2.05. The van der Waals surface area contributed by atoms with Crippen LogP contribution >= 0.6 is 0 Å². The zero-order chi connectivity index (χ0) is 12.2. The molecule has 0 atom stereocenters. The molecule has 0 radical (unpaired) electrons. The molecule has 0 saturated heterocycles. The quantitative estimate of drug-likeness (QED) is 0.681. The van der Waals surface area contributed by atoms with Crippen LogP contribution in [-0.4, -0.2) is 5.11 Å². The fourth-order valence-electron chi connectivity index (χ4n) is 1.84. The maximum absolute atomic E-state index is 8.92. The molecule has 1 fully saturated rings. The molecule has 1 aliphatic rings. The third-order valence-corrected chi connectivity index (χ3v) is 3.45. The van der Waals surface area contributed by atoms with Crippen LogP contribution in [0.5, 0.6) is 5.75 Å². The third-order valence-electron chi connectivity index (χ3n) is 3.45. The summed E-state index contributed by atoms with van der Waals surface area (Å²) in [7, 11) is 0. The molecule has 1 N–H and O–H groups in total. The lowest BCUT2D eigenvalue weighted by atomic mass is 9.69. The van der Waals surface area contributed by atoms with Crippen molar-refractivity contribution in [1.29, 1.82) is 0 Å². The van der Waals surface area contributed by atoms with Crippen LogP contribution in [-0.2, 0) is 0 Å². The molecule has 0 bridgehead atoms. The Bertz CT molecular complexity index is 297. The van der Waals surface area contributed by atoms with E-state index >= 15 is 0 Å². The van der Waals surface area contributed by atoms with Gasteiger partial charge in [0.25, 0.3) is 0 Å². The van der Waals surface area contributed by atoms with Crippen LogP contribution in [0.1, 0.15) is 45.6 Å². The SMILES string of the molecule is CC(C)(C)C1CCC1.Cc1ccccc1O. The lowest BCUT2D eigenvalue weighted by Crippen LogP contribution is -2.26. The van der Waals surface area contributed by atoms with Crippen LogP contribution in [0, 0.1) is 18.3 Å². The molecular formula is C15H24O. The highest BCUT2D eigenvalue weighted by molar-refractivity contribution is 5.29. The molecule has 0 aliphatic heterocycles. The van der Waals surface area contributed by atoms with E-state index in [2.05, 4.69) is 20.8 Å². The van der Waals surface area contributed by atoms with Gasteiger partial charge in [0, 0.05) is 0 Å². The predicted molar refractivity (Wildman–Crippen MR) is 69.6 cm³/mol. The number of benzene rings is 1. The van der Waals surface area contributed by atoms with Crippen molar-refractivity contribution in [2.75, 3.05) is 0 Å². The van der Waals surface area contributed by atoms with Gasteiger partial charge in [-0.1, -0.05) is 45.4 Å². The Balaban J connectivity index is 0.000000160. The number of aryl methyl sites for hydroxylation is 1. The summed E-state index contributed by atoms with van der Waals surface area (Å²) in [5.41, 5.74) is 1.52. The number of hydrogen-bond donors (Lipinski definition) is 1. The topological polar surface area (TPSA) is 20.2 Å². The van der Waals surface area contributed by atoms with E-state index in [9.17, 15) is 0 Å². The maximum atomic E-state index is 8.92. The lowest BCUT2D eigenvalue weighted by Gasteiger charge is -2.37. The summed E-state index contributed by atoms with van der Waals surface area (Å²) in [4.78, 5) is 0. The summed E-state index contributed by atoms with van der Waals surface area (Å²) in [5, 5.41) is 8.92. The molecule has 0 heterocycles. The molecule has 1 saturated carbocycles. The Labute approximate surface area is 99.5 Å². The van der Waals surface area contributed by atoms with E-state index in [1.807, 2.05) is 25.1 Å². The fraction of sp³-hybridized carbons (Fsp3) is 0.600. The summed E-state index contributed by atoms with van der Waals surface area (Å²) in [6.07, 6.45) is 4.43. The molecule has 1 heteroatoms. The molecular weight excluding hydrogens is 196 g/mol. The van der Waals surface area contributed by atoms with Gasteiger partial charge >= 0.3 is 0 Å². The largest absolute Gasteiger partial charge is 0.508 e. The van der Waals surface area contributed by atoms with Crippen molar-refractivity contribution >= 4 is 0 Å². The molecule has 1 aliphatic carbocycles. The number of rotatable bonds is 0. The van der Waals surface area contributed by atoms with Crippen molar-refractivity contribution in [1.82, 2.24) is 0 Å². The highest BCUT2D eigenvalue weighted by Gasteiger charge is 2.29. The van der Waals surface area contributed by atoms with E-state index in [1.165, 1.54) is 19.3 Å². The second-order valence-electron chi connectivity index (χ2n) is 5.78. The zero-order valence-corrected chi connectivity index (χ0v) is 11.0. The van der Waals surface area contributed by atoms with E-state index < -0.39 is 0 Å². The van der Waals surface area contributed by atoms with Gasteiger partial charge in [0.1, 0.15) is 5.75 Å². The van der Waals surface area contributed by atoms with Crippen LogP contribution < -0.4 is 0 Å². The van der Waals surface area contributed by atoms with Gasteiger partial charge in [-0.25, -0.2) is 0 Å². The molecule has 16 heavy (non-hydrogen) atoms. The highest BCUT2D eigenvalue weighted by Crippen LogP contribution is 2.40. The summed E-state index contributed by atoms with van der Waals surface area (Å²) in [5.74, 6) is 1.40. The first-order valence-electron chi connectivity index (χ1n) is 6.16. The third kappa shape index (κ3) is 3.88. The van der Waals surface area contributed by atoms with E-state index in [-0.39, 0.29) is 0 Å². The summed E-state index contributed by atoms with van der Waals surface area (Å²) in [6.45, 7) is 8.90. The zero-order valence-electron chi connectivity index (χ0n) is 11.0. The van der Waals surface area contributed by atoms with Crippen LogP contribution in [0.3, 0.4) is 0 Å². The minimum absolute atomic E-state index is 0.368. The maximum Gasteiger partial charge on any atom is 0.118 e. The van der Waals surface area contributed by atoms with Gasteiger partial charge in [0.15, 0.2) is 0 Å². The van der Waals surface area contributed by atoms with Crippen molar-refractivity contribution in [2.24, 2.45) is 11.3 Å². The molecule has 1 nitrogen and oxygen atoms in total. The number of hydrogen-bond acceptors (Lipinski definition) is 1. The van der Waals surface area contributed by atoms with Crippen LogP contribution in [0.4, 0.5) is 0 Å². The standard InChI is InChI=1S/C8H16.C7H8O/c1-8(2,3)7-5-4-6-7;1-6-4-2-3-5-7(6)8/h7H,4-6H2,1-3H3;2-5,8H,1H3. The van der Waals surface area contributed by atoms with Gasteiger partial charge in [-0.15, -0.1) is 0 Å². The molecule has 0 spiro atoms. The Kier molecular flexibility index (Phi) is 4.40. The Morgan fingerprint density at radius 2 is 1.69 bits per heavy atom. The van der Waals surface area contributed by atoms with Crippen molar-refractivity contribution < 1.29 is 5.11 Å². The number of aromatic hydroxyl groups is 1. The van der Waals surface area contributed by atoms with Gasteiger partial charge in [-0.2, -0.15) is 0 Å². The van der Waals surface area contributed by atoms with Gasteiger partial charge in [-0.3, -0.25) is 0 Å². The first-order valence-corrected chi connectivity index (χ1v) is 6.16. The Morgan fingerprint density at radius 3 is 1.88 bits per heavy atom. The minimum Gasteiger partial charge on any atom is -0.508 e. The molecule has 1 aromatic rings. The second-order valence-corrected chi connectivity index (χ2v) is 5.78. The molecule has 0 aromatic heterocycles. The van der Waals surface area contributed by atoms with Crippen LogP contribution in [0.2, 0.25) is 0 Å². The van der Waals surface area contributed by atoms with Gasteiger partial charge < -0.3 is 5.11 Å². The molecule has 0 unspecified atom stereocenters. The lowest BCUT2D eigenvalue weighted by molar-refractivity contribution is 0.141. The molecule has 2 rings (SSSR count). The van der Waals surface area contributed by atoms with Crippen molar-refractivity contribution in [2.45, 2.75) is 47.0 Å².